The van der Waals surface area contributed by atoms with Crippen LogP contribution in [-0.2, 0) is 5.41 Å². The minimum atomic E-state index is -0.457. The highest BCUT2D eigenvalue weighted by Crippen LogP contribution is 2.57. The van der Waals surface area contributed by atoms with Gasteiger partial charge < -0.3 is 8.97 Å². The van der Waals surface area contributed by atoms with Crippen LogP contribution in [0.3, 0.4) is 0 Å². The van der Waals surface area contributed by atoms with Crippen molar-refractivity contribution in [3.63, 3.8) is 0 Å². The first-order chi connectivity index (χ1) is 27.3. The van der Waals surface area contributed by atoms with Crippen LogP contribution in [0.15, 0.2) is 200 Å². The molecule has 3 heterocycles. The smallest absolute Gasteiger partial charge is 0.0871 e. The van der Waals surface area contributed by atoms with E-state index in [4.69, 9.17) is 4.98 Å². The summed E-state index contributed by atoms with van der Waals surface area (Å²) in [7, 11) is 0. The van der Waals surface area contributed by atoms with Crippen molar-refractivity contribution >= 4 is 49.3 Å². The molecule has 0 N–H and O–H groups in total. The molecule has 11 aromatic rings. The van der Waals surface area contributed by atoms with Crippen molar-refractivity contribution in [3.8, 4) is 27.9 Å². The van der Waals surface area contributed by atoms with Gasteiger partial charge >= 0.3 is 0 Å². The summed E-state index contributed by atoms with van der Waals surface area (Å²) in [6, 6.07) is 71.2. The molecule has 0 fully saturated rings. The quantitative estimate of drug-likeness (QED) is 0.179. The second-order valence-corrected chi connectivity index (χ2v) is 14.7. The maximum atomic E-state index is 4.93. The Morgan fingerprint density at radius 2 is 1.05 bits per heavy atom. The van der Waals surface area contributed by atoms with E-state index in [0.29, 0.717) is 0 Å². The summed E-state index contributed by atoms with van der Waals surface area (Å²) in [6.45, 7) is 0. The molecular formula is C52H33N3. The van der Waals surface area contributed by atoms with Crippen LogP contribution in [0.4, 0.5) is 0 Å². The molecule has 0 atom stereocenters. The van der Waals surface area contributed by atoms with E-state index in [1.165, 1.54) is 71.7 Å². The van der Waals surface area contributed by atoms with Crippen molar-refractivity contribution in [1.82, 2.24) is 14.0 Å². The van der Waals surface area contributed by atoms with E-state index in [9.17, 15) is 0 Å². The van der Waals surface area contributed by atoms with E-state index in [1.807, 2.05) is 6.20 Å². The van der Waals surface area contributed by atoms with Gasteiger partial charge in [-0.1, -0.05) is 146 Å². The van der Waals surface area contributed by atoms with E-state index in [-0.39, 0.29) is 0 Å². The first-order valence-electron chi connectivity index (χ1n) is 19.0. The molecule has 0 aliphatic heterocycles. The molecule has 0 saturated carbocycles. The highest BCUT2D eigenvalue weighted by Gasteiger charge is 2.46. The topological polar surface area (TPSA) is 22.2 Å². The van der Waals surface area contributed by atoms with Gasteiger partial charge in [0.05, 0.1) is 44.7 Å². The molecule has 0 saturated heterocycles. The van der Waals surface area contributed by atoms with Gasteiger partial charge in [0, 0.05) is 27.4 Å². The minimum absolute atomic E-state index is 0.457. The van der Waals surface area contributed by atoms with Crippen LogP contribution in [-0.4, -0.2) is 14.0 Å². The van der Waals surface area contributed by atoms with E-state index in [1.54, 1.807) is 0 Å². The Balaban J connectivity index is 1.15. The third kappa shape index (κ3) is 4.07. The van der Waals surface area contributed by atoms with Crippen molar-refractivity contribution in [1.29, 1.82) is 0 Å². The van der Waals surface area contributed by atoms with E-state index in [2.05, 4.69) is 203 Å². The summed E-state index contributed by atoms with van der Waals surface area (Å²) in [4.78, 5) is 4.93. The molecule has 0 radical (unpaired) electrons. The lowest BCUT2D eigenvalue weighted by molar-refractivity contribution is 0.769. The molecule has 256 valence electrons. The predicted octanol–water partition coefficient (Wildman–Crippen LogP) is 12.8. The van der Waals surface area contributed by atoms with Gasteiger partial charge in [-0.15, -0.1) is 0 Å². The third-order valence-corrected chi connectivity index (χ3v) is 12.0. The highest BCUT2D eigenvalue weighted by molar-refractivity contribution is 6.12. The maximum absolute atomic E-state index is 4.93. The lowest BCUT2D eigenvalue weighted by atomic mass is 9.67. The Kier molecular flexibility index (Phi) is 6.26. The van der Waals surface area contributed by atoms with E-state index in [0.717, 1.165) is 27.8 Å². The standard InChI is InChI=1S/C52H33N3/c1-3-17-35(18-4-1)52(36-19-5-2-6-20-36)43-25-10-7-22-38(43)41-32-49-42(31-44(41)52)39-23-8-12-27-46(39)54(49)37-21-15-16-34(30-37)51-40-24-9-13-28-47(40)55-48-29-14-11-26-45(48)53-33-50(51)55/h1-33H. The fourth-order valence-electron chi connectivity index (χ4n) is 9.82. The first kappa shape index (κ1) is 30.3. The van der Waals surface area contributed by atoms with Crippen molar-refractivity contribution in [2.45, 2.75) is 5.41 Å². The van der Waals surface area contributed by atoms with Crippen molar-refractivity contribution < 1.29 is 0 Å². The number of rotatable bonds is 4. The molecule has 0 amide bonds. The lowest BCUT2D eigenvalue weighted by Gasteiger charge is -2.33. The molecule has 0 bridgehead atoms. The second kappa shape index (κ2) is 11.4. The van der Waals surface area contributed by atoms with Crippen molar-refractivity contribution in [2.75, 3.05) is 0 Å². The van der Waals surface area contributed by atoms with Crippen molar-refractivity contribution in [3.05, 3.63) is 223 Å². The summed E-state index contributed by atoms with van der Waals surface area (Å²) >= 11 is 0. The first-order valence-corrected chi connectivity index (χ1v) is 19.0. The summed E-state index contributed by atoms with van der Waals surface area (Å²) in [5, 5.41) is 3.71. The highest BCUT2D eigenvalue weighted by atomic mass is 15.0. The van der Waals surface area contributed by atoms with Gasteiger partial charge in [-0.3, -0.25) is 4.98 Å². The molecular weight excluding hydrogens is 667 g/mol. The van der Waals surface area contributed by atoms with Gasteiger partial charge in [0.15, 0.2) is 0 Å². The summed E-state index contributed by atoms with van der Waals surface area (Å²) in [5.74, 6) is 0. The van der Waals surface area contributed by atoms with Crippen LogP contribution >= 0.6 is 0 Å². The fourth-order valence-corrected chi connectivity index (χ4v) is 9.82. The average molecular weight is 700 g/mol. The van der Waals surface area contributed by atoms with Gasteiger partial charge in [-0.05, 0) is 87.5 Å². The van der Waals surface area contributed by atoms with E-state index >= 15 is 0 Å². The molecule has 0 unspecified atom stereocenters. The fraction of sp³-hybridized carbons (Fsp3) is 0.0192. The molecule has 55 heavy (non-hydrogen) atoms. The zero-order valence-corrected chi connectivity index (χ0v) is 29.9. The lowest BCUT2D eigenvalue weighted by Crippen LogP contribution is -2.28. The number of fused-ring (bicyclic) bond motifs is 11. The molecule has 8 aromatic carbocycles. The Hall–Kier alpha value is -7.23. The normalized spacial score (nSPS) is 13.2. The minimum Gasteiger partial charge on any atom is -0.309 e. The molecule has 3 nitrogen and oxygen atoms in total. The van der Waals surface area contributed by atoms with Crippen LogP contribution in [0.1, 0.15) is 22.3 Å². The number of hydrogen-bond acceptors (Lipinski definition) is 1. The maximum Gasteiger partial charge on any atom is 0.0871 e. The Morgan fingerprint density at radius 3 is 1.85 bits per heavy atom. The van der Waals surface area contributed by atoms with Crippen LogP contribution in [0, 0.1) is 0 Å². The van der Waals surface area contributed by atoms with Gasteiger partial charge in [0.2, 0.25) is 0 Å². The van der Waals surface area contributed by atoms with E-state index < -0.39 is 5.41 Å². The molecule has 1 aliphatic rings. The van der Waals surface area contributed by atoms with Crippen LogP contribution in [0.25, 0.3) is 77.2 Å². The van der Waals surface area contributed by atoms with Gasteiger partial charge in [-0.2, -0.15) is 0 Å². The van der Waals surface area contributed by atoms with Crippen LogP contribution in [0.2, 0.25) is 0 Å². The largest absolute Gasteiger partial charge is 0.309 e. The van der Waals surface area contributed by atoms with Gasteiger partial charge in [-0.25, -0.2) is 0 Å². The zero-order valence-electron chi connectivity index (χ0n) is 29.9. The number of para-hydroxylation sites is 4. The number of nitrogens with zero attached hydrogens (tertiary/aromatic N) is 3. The van der Waals surface area contributed by atoms with Crippen molar-refractivity contribution in [2.24, 2.45) is 0 Å². The number of hydrogen-bond donors (Lipinski definition) is 0. The summed E-state index contributed by atoms with van der Waals surface area (Å²) < 4.78 is 4.84. The Morgan fingerprint density at radius 1 is 0.400 bits per heavy atom. The predicted molar refractivity (Wildman–Crippen MR) is 227 cm³/mol. The zero-order chi connectivity index (χ0) is 36.1. The SMILES string of the molecule is c1ccc(C2(c3ccccc3)c3ccccc3-c3cc4c(cc32)c2ccccc2n4-c2cccc(-c3c4ccccc4n4c3cnc3ccccc34)c2)cc1. The Bertz CT molecular complexity index is 3280. The molecule has 12 rings (SSSR count). The van der Waals surface area contributed by atoms with Crippen LogP contribution in [0.5, 0.6) is 0 Å². The molecule has 3 aromatic heterocycles. The second-order valence-electron chi connectivity index (χ2n) is 14.7. The number of benzene rings is 8. The molecule has 1 aliphatic carbocycles. The molecule has 0 spiro atoms. The number of aromatic nitrogens is 3. The third-order valence-electron chi connectivity index (χ3n) is 12.0. The van der Waals surface area contributed by atoms with Gasteiger partial charge in [0.25, 0.3) is 0 Å². The summed E-state index contributed by atoms with van der Waals surface area (Å²) in [5.41, 5.74) is 17.6. The average Bonchev–Trinajstić information content (AvgIpc) is 3.88. The molecule has 3 heteroatoms. The monoisotopic (exact) mass is 699 g/mol. The van der Waals surface area contributed by atoms with Crippen LogP contribution < -0.4 is 0 Å². The van der Waals surface area contributed by atoms with Gasteiger partial charge in [0.1, 0.15) is 0 Å². The summed E-state index contributed by atoms with van der Waals surface area (Å²) in [6.07, 6.45) is 2.04. The Labute approximate surface area is 318 Å².